The van der Waals surface area contributed by atoms with Crippen LogP contribution in [0.15, 0.2) is 0 Å². The van der Waals surface area contributed by atoms with Crippen molar-refractivity contribution in [3.05, 3.63) is 0 Å². The lowest BCUT2D eigenvalue weighted by atomic mass is 10.3. The van der Waals surface area contributed by atoms with Gasteiger partial charge in [0.1, 0.15) is 0 Å². The van der Waals surface area contributed by atoms with Crippen LogP contribution in [0.1, 0.15) is 27.2 Å². The Hall–Kier alpha value is -0.420. The summed E-state index contributed by atoms with van der Waals surface area (Å²) in [5.74, 6) is 6.30. The lowest BCUT2D eigenvalue weighted by Crippen LogP contribution is -2.02. The first-order valence-electron chi connectivity index (χ1n) is 3.69. The Bertz CT molecular complexity index is 174. The Morgan fingerprint density at radius 1 is 1.55 bits per heavy atom. The second-order valence-electron chi connectivity index (χ2n) is 2.50. The summed E-state index contributed by atoms with van der Waals surface area (Å²) >= 11 is 1.67. The molecule has 0 bridgehead atoms. The zero-order valence-electron chi connectivity index (χ0n) is 7.31. The molecule has 0 aromatic rings. The molecule has 0 saturated carbocycles. The third kappa shape index (κ3) is 7.48. The molecule has 0 aliphatic carbocycles. The van der Waals surface area contributed by atoms with E-state index in [0.717, 1.165) is 0 Å². The SMILES string of the molecule is CC#CCC(=O)CSC(C)C. The Balaban J connectivity index is 3.43. The van der Waals surface area contributed by atoms with Crippen LogP contribution >= 0.6 is 11.8 Å². The number of hydrogen-bond donors (Lipinski definition) is 0. The molecular formula is C9H14OS. The van der Waals surface area contributed by atoms with E-state index in [1.165, 1.54) is 0 Å². The van der Waals surface area contributed by atoms with E-state index in [0.29, 0.717) is 17.4 Å². The summed E-state index contributed by atoms with van der Waals surface area (Å²) in [6.45, 7) is 5.93. The van der Waals surface area contributed by atoms with Gasteiger partial charge < -0.3 is 0 Å². The molecule has 1 nitrogen and oxygen atoms in total. The molecule has 62 valence electrons. The molecule has 11 heavy (non-hydrogen) atoms. The number of carbonyl (C=O) groups excluding carboxylic acids is 1. The van der Waals surface area contributed by atoms with Crippen molar-refractivity contribution in [2.45, 2.75) is 32.4 Å². The molecule has 0 aliphatic rings. The average Bonchev–Trinajstić information content (AvgIpc) is 1.97. The second-order valence-corrected chi connectivity index (χ2v) is 4.07. The molecule has 0 rings (SSSR count). The summed E-state index contributed by atoms with van der Waals surface area (Å²) in [5.41, 5.74) is 0. The van der Waals surface area contributed by atoms with E-state index in [1.807, 2.05) is 0 Å². The highest BCUT2D eigenvalue weighted by Crippen LogP contribution is 2.08. The topological polar surface area (TPSA) is 17.1 Å². The van der Waals surface area contributed by atoms with Gasteiger partial charge in [0.15, 0.2) is 5.78 Å². The minimum Gasteiger partial charge on any atom is -0.298 e. The zero-order valence-corrected chi connectivity index (χ0v) is 8.12. The minimum atomic E-state index is 0.234. The molecular weight excluding hydrogens is 156 g/mol. The second kappa shape index (κ2) is 6.30. The fraction of sp³-hybridized carbons (Fsp3) is 0.667. The molecule has 2 heteroatoms. The molecule has 0 aliphatic heterocycles. The summed E-state index contributed by atoms with van der Waals surface area (Å²) < 4.78 is 0. The third-order valence-corrected chi connectivity index (χ3v) is 2.20. The van der Waals surface area contributed by atoms with Crippen LogP contribution < -0.4 is 0 Å². The molecule has 0 spiro atoms. The Morgan fingerprint density at radius 2 is 2.18 bits per heavy atom. The molecule has 0 amide bonds. The summed E-state index contributed by atoms with van der Waals surface area (Å²) in [6, 6.07) is 0. The molecule has 0 radical (unpaired) electrons. The highest BCUT2D eigenvalue weighted by molar-refractivity contribution is 8.00. The highest BCUT2D eigenvalue weighted by Gasteiger charge is 2.00. The van der Waals surface area contributed by atoms with Crippen molar-refractivity contribution < 1.29 is 4.79 Å². The molecule has 0 saturated heterocycles. The molecule has 0 fully saturated rings. The number of thioether (sulfide) groups is 1. The van der Waals surface area contributed by atoms with Crippen molar-refractivity contribution >= 4 is 17.5 Å². The monoisotopic (exact) mass is 170 g/mol. The maximum absolute atomic E-state index is 11.0. The third-order valence-electron chi connectivity index (χ3n) is 1.04. The first-order valence-corrected chi connectivity index (χ1v) is 4.74. The van der Waals surface area contributed by atoms with Gasteiger partial charge in [-0.05, 0) is 12.2 Å². The van der Waals surface area contributed by atoms with Gasteiger partial charge in [-0.15, -0.1) is 5.92 Å². The molecule has 0 unspecified atom stereocenters. The van der Waals surface area contributed by atoms with Crippen LogP contribution in [0.25, 0.3) is 0 Å². The average molecular weight is 170 g/mol. The Kier molecular flexibility index (Phi) is 6.06. The number of carbonyl (C=O) groups is 1. The smallest absolute Gasteiger partial charge is 0.154 e. The van der Waals surface area contributed by atoms with Crippen LogP contribution in [0, 0.1) is 11.8 Å². The van der Waals surface area contributed by atoms with Gasteiger partial charge in [-0.2, -0.15) is 11.8 Å². The van der Waals surface area contributed by atoms with Crippen molar-refractivity contribution in [2.24, 2.45) is 0 Å². The largest absolute Gasteiger partial charge is 0.298 e. The van der Waals surface area contributed by atoms with Crippen LogP contribution in [0.2, 0.25) is 0 Å². The summed E-state index contributed by atoms with van der Waals surface area (Å²) in [4.78, 5) is 11.0. The fourth-order valence-electron chi connectivity index (χ4n) is 0.498. The number of rotatable bonds is 4. The van der Waals surface area contributed by atoms with Crippen molar-refractivity contribution in [1.82, 2.24) is 0 Å². The highest BCUT2D eigenvalue weighted by atomic mass is 32.2. The molecule has 0 aromatic heterocycles. The first kappa shape index (κ1) is 10.6. The summed E-state index contributed by atoms with van der Waals surface area (Å²) in [7, 11) is 0. The first-order chi connectivity index (χ1) is 5.16. The van der Waals surface area contributed by atoms with E-state index in [-0.39, 0.29) is 5.78 Å². The van der Waals surface area contributed by atoms with Crippen LogP contribution in [0.3, 0.4) is 0 Å². The van der Waals surface area contributed by atoms with Gasteiger partial charge in [-0.25, -0.2) is 0 Å². The Morgan fingerprint density at radius 3 is 2.64 bits per heavy atom. The summed E-state index contributed by atoms with van der Waals surface area (Å²) in [6.07, 6.45) is 0.413. The fourth-order valence-corrected chi connectivity index (χ4v) is 1.12. The van der Waals surface area contributed by atoms with Gasteiger partial charge in [-0.3, -0.25) is 4.79 Å². The maximum atomic E-state index is 11.0. The van der Waals surface area contributed by atoms with Crippen molar-refractivity contribution in [1.29, 1.82) is 0 Å². The van der Waals surface area contributed by atoms with E-state index in [4.69, 9.17) is 0 Å². The maximum Gasteiger partial charge on any atom is 0.154 e. The van der Waals surface area contributed by atoms with Crippen molar-refractivity contribution in [2.75, 3.05) is 5.75 Å². The van der Waals surface area contributed by atoms with Gasteiger partial charge in [0, 0.05) is 0 Å². The standard InChI is InChI=1S/C9H14OS/c1-4-5-6-9(10)7-11-8(2)3/h8H,6-7H2,1-3H3. The molecule has 0 aromatic carbocycles. The van der Waals surface area contributed by atoms with Gasteiger partial charge in [-0.1, -0.05) is 19.8 Å². The van der Waals surface area contributed by atoms with E-state index < -0.39 is 0 Å². The van der Waals surface area contributed by atoms with Crippen LogP contribution in [-0.4, -0.2) is 16.8 Å². The zero-order chi connectivity index (χ0) is 8.69. The van der Waals surface area contributed by atoms with Gasteiger partial charge in [0.05, 0.1) is 12.2 Å². The quantitative estimate of drug-likeness (QED) is 0.601. The van der Waals surface area contributed by atoms with Crippen LogP contribution in [-0.2, 0) is 4.79 Å². The van der Waals surface area contributed by atoms with Gasteiger partial charge in [0.2, 0.25) is 0 Å². The van der Waals surface area contributed by atoms with Crippen molar-refractivity contribution in [3.8, 4) is 11.8 Å². The van der Waals surface area contributed by atoms with E-state index >= 15 is 0 Å². The molecule has 0 heterocycles. The number of Topliss-reactive ketones (excluding diaryl/α,β-unsaturated/α-hetero) is 1. The predicted molar refractivity (Wildman–Crippen MR) is 50.7 cm³/mol. The van der Waals surface area contributed by atoms with Crippen molar-refractivity contribution in [3.63, 3.8) is 0 Å². The van der Waals surface area contributed by atoms with Gasteiger partial charge >= 0.3 is 0 Å². The van der Waals surface area contributed by atoms with Crippen LogP contribution in [0.5, 0.6) is 0 Å². The molecule has 0 atom stereocenters. The van der Waals surface area contributed by atoms with E-state index in [1.54, 1.807) is 18.7 Å². The van der Waals surface area contributed by atoms with Gasteiger partial charge in [0.25, 0.3) is 0 Å². The Labute approximate surface area is 72.9 Å². The van der Waals surface area contributed by atoms with E-state index in [9.17, 15) is 4.79 Å². The number of hydrogen-bond acceptors (Lipinski definition) is 2. The van der Waals surface area contributed by atoms with Crippen LogP contribution in [0.4, 0.5) is 0 Å². The lowest BCUT2D eigenvalue weighted by molar-refractivity contribution is -0.115. The normalized spacial score (nSPS) is 9.09. The predicted octanol–water partition coefficient (Wildman–Crippen LogP) is 2.11. The summed E-state index contributed by atoms with van der Waals surface area (Å²) in [5, 5.41) is 0.536. The van der Waals surface area contributed by atoms with E-state index in [2.05, 4.69) is 25.7 Å². The number of ketones is 1. The molecule has 0 N–H and O–H groups in total. The minimum absolute atomic E-state index is 0.234. The lowest BCUT2D eigenvalue weighted by Gasteiger charge is -2.00.